The van der Waals surface area contributed by atoms with E-state index >= 15 is 0 Å². The van der Waals surface area contributed by atoms with Crippen molar-refractivity contribution in [2.45, 2.75) is 31.6 Å². The third-order valence-electron chi connectivity index (χ3n) is 6.45. The number of rotatable bonds is 32. The van der Waals surface area contributed by atoms with Crippen LogP contribution in [0.5, 0.6) is 0 Å². The Labute approximate surface area is 314 Å². The summed E-state index contributed by atoms with van der Waals surface area (Å²) >= 11 is 1.36. The molecule has 0 aliphatic rings. The van der Waals surface area contributed by atoms with Crippen LogP contribution < -0.4 is 16.0 Å². The largest absolute Gasteiger partial charge is 0.377 e. The van der Waals surface area contributed by atoms with Crippen LogP contribution in [0.3, 0.4) is 0 Å². The summed E-state index contributed by atoms with van der Waals surface area (Å²) in [6.07, 6.45) is 1.99. The Morgan fingerprint density at radius 2 is 1.25 bits per heavy atom. The molecule has 19 heteroatoms. The molecule has 3 N–H and O–H groups in total. The third-order valence-corrected chi connectivity index (χ3v) is 7.19. The van der Waals surface area contributed by atoms with Crippen molar-refractivity contribution in [3.8, 4) is 0 Å². The number of nitro benzene ring substituents is 2. The molecule has 0 saturated heterocycles. The van der Waals surface area contributed by atoms with E-state index in [2.05, 4.69) is 35.0 Å². The zero-order chi connectivity index (χ0) is 38.8. The van der Waals surface area contributed by atoms with Gasteiger partial charge in [-0.2, -0.15) is 0 Å². The Balaban J connectivity index is 0.000000549. The van der Waals surface area contributed by atoms with E-state index in [-0.39, 0.29) is 29.6 Å². The van der Waals surface area contributed by atoms with Gasteiger partial charge in [0.05, 0.1) is 102 Å². The number of ether oxygens (including phenoxy) is 6. The standard InChI is InChI=1S/C18H28N4O8.C16H25NO5S/c1-2-3-18(23)20-7-9-29-11-13-30-12-10-28-8-6-19-16-5-4-15(21(24)25)14-17(16)22(26)27;1-15-2-4-16(5-3-15)23-22-13-12-21-11-10-20-9-8-19-7-6-17-14-18/h4-5,14,19H,2-3,6-13H2,1H3,(H,20,23);2-5,14H,6-13H2,1H3,(H,17,18). The van der Waals surface area contributed by atoms with Crippen molar-refractivity contribution >= 4 is 41.4 Å². The van der Waals surface area contributed by atoms with Gasteiger partial charge >= 0.3 is 0 Å². The lowest BCUT2D eigenvalue weighted by Gasteiger charge is -2.09. The monoisotopic (exact) mass is 771 g/mol. The van der Waals surface area contributed by atoms with Gasteiger partial charge in [-0.15, -0.1) is 0 Å². The first-order valence-corrected chi connectivity index (χ1v) is 18.0. The first kappa shape index (κ1) is 47.1. The van der Waals surface area contributed by atoms with Crippen LogP contribution in [0.25, 0.3) is 0 Å². The minimum absolute atomic E-state index is 0.0205. The maximum Gasteiger partial charge on any atom is 0.299 e. The zero-order valence-electron chi connectivity index (χ0n) is 30.5. The van der Waals surface area contributed by atoms with E-state index in [1.807, 2.05) is 19.1 Å². The summed E-state index contributed by atoms with van der Waals surface area (Å²) in [5, 5.41) is 29.8. The van der Waals surface area contributed by atoms with Gasteiger partial charge in [0, 0.05) is 49.1 Å². The molecule has 0 unspecified atom stereocenters. The van der Waals surface area contributed by atoms with Crippen LogP contribution in [0.15, 0.2) is 47.4 Å². The van der Waals surface area contributed by atoms with E-state index in [0.29, 0.717) is 112 Å². The van der Waals surface area contributed by atoms with Crippen molar-refractivity contribution in [2.75, 3.05) is 111 Å². The van der Waals surface area contributed by atoms with Crippen LogP contribution >= 0.6 is 12.0 Å². The highest BCUT2D eigenvalue weighted by atomic mass is 32.2. The second-order valence-electron chi connectivity index (χ2n) is 10.7. The zero-order valence-corrected chi connectivity index (χ0v) is 31.3. The SMILES string of the molecule is CCCC(=O)NCCOCCOCCOCCNc1ccc([N+](=O)[O-])cc1[N+](=O)[O-].Cc1ccc(SOCCOCCOCCOCCNC=O)cc1. The first-order chi connectivity index (χ1) is 25.8. The van der Waals surface area contributed by atoms with Crippen LogP contribution in [-0.2, 0) is 42.2 Å². The fourth-order valence-electron chi connectivity index (χ4n) is 3.84. The van der Waals surface area contributed by atoms with Crippen molar-refractivity contribution in [3.05, 3.63) is 68.3 Å². The Bertz CT molecular complexity index is 1280. The fourth-order valence-corrected chi connectivity index (χ4v) is 4.38. The molecule has 0 aromatic heterocycles. The highest BCUT2D eigenvalue weighted by molar-refractivity contribution is 7.94. The Kier molecular flexibility index (Phi) is 29.0. The van der Waals surface area contributed by atoms with E-state index in [0.717, 1.165) is 17.4 Å². The topological polar surface area (TPSA) is 221 Å². The van der Waals surface area contributed by atoms with Crippen LogP contribution in [0, 0.1) is 27.2 Å². The van der Waals surface area contributed by atoms with Gasteiger partial charge in [0.1, 0.15) is 5.69 Å². The molecule has 0 bridgehead atoms. The highest BCUT2D eigenvalue weighted by Crippen LogP contribution is 2.28. The van der Waals surface area contributed by atoms with Gasteiger partial charge in [-0.05, 0) is 31.5 Å². The molecule has 53 heavy (non-hydrogen) atoms. The van der Waals surface area contributed by atoms with Crippen molar-refractivity contribution in [2.24, 2.45) is 0 Å². The molecule has 2 aromatic rings. The lowest BCUT2D eigenvalue weighted by Crippen LogP contribution is -2.27. The van der Waals surface area contributed by atoms with Gasteiger partial charge < -0.3 is 48.6 Å². The summed E-state index contributed by atoms with van der Waals surface area (Å²) in [6, 6.07) is 11.6. The van der Waals surface area contributed by atoms with Crippen molar-refractivity contribution in [3.63, 3.8) is 0 Å². The molecule has 0 saturated carbocycles. The Morgan fingerprint density at radius 1 is 0.717 bits per heavy atom. The third kappa shape index (κ3) is 26.5. The van der Waals surface area contributed by atoms with Gasteiger partial charge in [0.25, 0.3) is 11.4 Å². The van der Waals surface area contributed by atoms with E-state index in [1.165, 1.54) is 29.7 Å². The maximum absolute atomic E-state index is 11.2. The summed E-state index contributed by atoms with van der Waals surface area (Å²) in [4.78, 5) is 42.7. The van der Waals surface area contributed by atoms with Crippen molar-refractivity contribution in [1.82, 2.24) is 10.6 Å². The molecule has 0 aliphatic carbocycles. The van der Waals surface area contributed by atoms with E-state index in [4.69, 9.17) is 32.6 Å². The van der Waals surface area contributed by atoms with Gasteiger partial charge in [-0.25, -0.2) is 0 Å². The van der Waals surface area contributed by atoms with E-state index in [1.54, 1.807) is 0 Å². The van der Waals surface area contributed by atoms with Gasteiger partial charge in [0.2, 0.25) is 12.3 Å². The van der Waals surface area contributed by atoms with Crippen LogP contribution in [0.4, 0.5) is 17.1 Å². The molecule has 0 heterocycles. The second kappa shape index (κ2) is 32.7. The van der Waals surface area contributed by atoms with Crippen LogP contribution in [0.1, 0.15) is 25.3 Å². The molecule has 0 atom stereocenters. The average Bonchev–Trinajstić information content (AvgIpc) is 3.14. The Hall–Kier alpha value is -3.95. The molecular formula is C34H53N5O13S. The van der Waals surface area contributed by atoms with Crippen LogP contribution in [-0.4, -0.2) is 128 Å². The molecule has 2 amide bonds. The predicted octanol–water partition coefficient (Wildman–Crippen LogP) is 3.70. The summed E-state index contributed by atoms with van der Waals surface area (Å²) < 4.78 is 37.4. The normalized spacial score (nSPS) is 10.6. The fraction of sp³-hybridized carbons (Fsp3) is 0.588. The number of non-ortho nitro benzene ring substituents is 1. The molecule has 0 aliphatic heterocycles. The number of amides is 2. The quantitative estimate of drug-likeness (QED) is 0.0317. The molecular weight excluding hydrogens is 718 g/mol. The molecule has 2 aromatic carbocycles. The molecule has 298 valence electrons. The summed E-state index contributed by atoms with van der Waals surface area (Å²) in [7, 11) is 0. The van der Waals surface area contributed by atoms with Crippen LogP contribution in [0.2, 0.25) is 0 Å². The lowest BCUT2D eigenvalue weighted by molar-refractivity contribution is -0.393. The molecule has 18 nitrogen and oxygen atoms in total. The predicted molar refractivity (Wildman–Crippen MR) is 198 cm³/mol. The molecule has 2 rings (SSSR count). The maximum atomic E-state index is 11.2. The lowest BCUT2D eigenvalue weighted by atomic mass is 10.2. The number of aryl methyl sites for hydroxylation is 1. The summed E-state index contributed by atoms with van der Waals surface area (Å²) in [5.74, 6) is 0.0205. The number of nitro groups is 2. The van der Waals surface area contributed by atoms with Gasteiger partial charge in [0.15, 0.2) is 0 Å². The smallest absolute Gasteiger partial charge is 0.299 e. The number of nitrogens with zero attached hydrogens (tertiary/aromatic N) is 2. The number of anilines is 1. The minimum Gasteiger partial charge on any atom is -0.377 e. The summed E-state index contributed by atoms with van der Waals surface area (Å²) in [5.41, 5.74) is 0.720. The van der Waals surface area contributed by atoms with E-state index < -0.39 is 9.85 Å². The number of benzene rings is 2. The number of carbonyl (C=O) groups excluding carboxylic acids is 2. The van der Waals surface area contributed by atoms with Crippen molar-refractivity contribution < 1.29 is 52.0 Å². The van der Waals surface area contributed by atoms with Gasteiger partial charge in [-0.1, -0.05) is 24.6 Å². The first-order valence-electron chi connectivity index (χ1n) is 17.2. The second-order valence-corrected chi connectivity index (χ2v) is 11.6. The van der Waals surface area contributed by atoms with Crippen molar-refractivity contribution in [1.29, 1.82) is 0 Å². The number of hydrogen-bond acceptors (Lipinski definition) is 15. The van der Waals surface area contributed by atoms with E-state index in [9.17, 15) is 29.8 Å². The highest BCUT2D eigenvalue weighted by Gasteiger charge is 2.19. The van der Waals surface area contributed by atoms with Gasteiger partial charge in [-0.3, -0.25) is 29.8 Å². The number of hydrogen-bond donors (Lipinski definition) is 3. The Morgan fingerprint density at radius 3 is 1.77 bits per heavy atom. The summed E-state index contributed by atoms with van der Waals surface area (Å²) in [6.45, 7) is 11.2. The minimum atomic E-state index is -0.684. The number of carbonyl (C=O) groups is 2. The average molecular weight is 772 g/mol. The molecule has 0 spiro atoms. The molecule has 0 fully saturated rings. The molecule has 0 radical (unpaired) electrons. The number of nitrogens with one attached hydrogen (secondary N) is 3.